The van der Waals surface area contributed by atoms with Crippen LogP contribution in [0, 0.1) is 0 Å². The van der Waals surface area contributed by atoms with Crippen molar-refractivity contribution < 1.29 is 18.5 Å². The second-order valence-corrected chi connectivity index (χ2v) is 7.24. The van der Waals surface area contributed by atoms with E-state index >= 15 is 0 Å². The molecule has 0 saturated heterocycles. The SMILES string of the molecule is CCCCCCCCCCOP(=O)(O)OC(C)CCCC. The largest absolute Gasteiger partial charge is 0.472 e. The molecule has 0 rings (SSSR count). The molecule has 0 aromatic heterocycles. The molecule has 128 valence electrons. The minimum absolute atomic E-state index is 0.223. The molecule has 0 aromatic rings. The maximum atomic E-state index is 11.7. The van der Waals surface area contributed by atoms with Crippen molar-refractivity contribution in [2.75, 3.05) is 6.61 Å². The lowest BCUT2D eigenvalue weighted by molar-refractivity contribution is 0.106. The van der Waals surface area contributed by atoms with Crippen molar-refractivity contribution >= 4 is 7.82 Å². The summed E-state index contributed by atoms with van der Waals surface area (Å²) in [5.41, 5.74) is 0. The van der Waals surface area contributed by atoms with Crippen molar-refractivity contribution in [2.24, 2.45) is 0 Å². The molecular formula is C16H35O4P. The van der Waals surface area contributed by atoms with Crippen LogP contribution < -0.4 is 0 Å². The summed E-state index contributed by atoms with van der Waals surface area (Å²) in [6.07, 6.45) is 12.2. The van der Waals surface area contributed by atoms with E-state index in [2.05, 4.69) is 13.8 Å². The summed E-state index contributed by atoms with van der Waals surface area (Å²) in [5, 5.41) is 0. The first kappa shape index (κ1) is 21.1. The van der Waals surface area contributed by atoms with Gasteiger partial charge in [0.1, 0.15) is 0 Å². The minimum Gasteiger partial charge on any atom is -0.302 e. The Bertz CT molecular complexity index is 271. The zero-order valence-corrected chi connectivity index (χ0v) is 15.1. The first-order valence-corrected chi connectivity index (χ1v) is 10.2. The molecule has 0 fully saturated rings. The van der Waals surface area contributed by atoms with E-state index in [0.29, 0.717) is 6.61 Å². The molecule has 0 amide bonds. The highest BCUT2D eigenvalue weighted by atomic mass is 31.2. The van der Waals surface area contributed by atoms with Crippen molar-refractivity contribution in [1.82, 2.24) is 0 Å². The number of phosphoric ester groups is 1. The summed E-state index contributed by atoms with van der Waals surface area (Å²) in [7, 11) is -3.86. The molecule has 4 nitrogen and oxygen atoms in total. The predicted molar refractivity (Wildman–Crippen MR) is 88.5 cm³/mol. The molecule has 0 aliphatic carbocycles. The molecule has 2 unspecified atom stereocenters. The van der Waals surface area contributed by atoms with E-state index < -0.39 is 7.82 Å². The summed E-state index contributed by atoms with van der Waals surface area (Å²) >= 11 is 0. The van der Waals surface area contributed by atoms with Crippen LogP contribution in [0.1, 0.15) is 91.4 Å². The van der Waals surface area contributed by atoms with Crippen LogP contribution in [0.4, 0.5) is 0 Å². The van der Waals surface area contributed by atoms with Gasteiger partial charge in [0.15, 0.2) is 0 Å². The summed E-state index contributed by atoms with van der Waals surface area (Å²) in [4.78, 5) is 9.60. The van der Waals surface area contributed by atoms with Crippen LogP contribution in [-0.4, -0.2) is 17.6 Å². The molecule has 0 aromatic carbocycles. The minimum atomic E-state index is -3.86. The lowest BCUT2D eigenvalue weighted by Crippen LogP contribution is -2.08. The molecule has 5 heteroatoms. The van der Waals surface area contributed by atoms with E-state index in [9.17, 15) is 9.46 Å². The van der Waals surface area contributed by atoms with Crippen molar-refractivity contribution in [3.63, 3.8) is 0 Å². The van der Waals surface area contributed by atoms with Gasteiger partial charge in [-0.05, 0) is 19.8 Å². The van der Waals surface area contributed by atoms with E-state index in [0.717, 1.165) is 32.1 Å². The third kappa shape index (κ3) is 14.8. The van der Waals surface area contributed by atoms with Gasteiger partial charge < -0.3 is 4.89 Å². The number of rotatable bonds is 15. The molecule has 0 saturated carbocycles. The van der Waals surface area contributed by atoms with E-state index in [1.807, 2.05) is 6.92 Å². The molecule has 0 spiro atoms. The van der Waals surface area contributed by atoms with Crippen LogP contribution in [0.25, 0.3) is 0 Å². The average Bonchev–Trinajstić information content (AvgIpc) is 2.42. The number of hydrogen-bond donors (Lipinski definition) is 1. The van der Waals surface area contributed by atoms with Gasteiger partial charge in [0.05, 0.1) is 12.7 Å². The predicted octanol–water partition coefficient (Wildman–Crippen LogP) is 5.84. The normalized spacial score (nSPS) is 15.8. The molecule has 0 aliphatic heterocycles. The van der Waals surface area contributed by atoms with Gasteiger partial charge in [-0.3, -0.25) is 9.05 Å². The highest BCUT2D eigenvalue weighted by Gasteiger charge is 2.23. The van der Waals surface area contributed by atoms with Crippen LogP contribution in [-0.2, 0) is 13.6 Å². The monoisotopic (exact) mass is 322 g/mol. The van der Waals surface area contributed by atoms with E-state index in [-0.39, 0.29) is 6.10 Å². The lowest BCUT2D eigenvalue weighted by Gasteiger charge is -2.17. The Balaban J connectivity index is 3.50. The van der Waals surface area contributed by atoms with E-state index in [1.165, 1.54) is 38.5 Å². The van der Waals surface area contributed by atoms with Gasteiger partial charge in [0.2, 0.25) is 0 Å². The van der Waals surface area contributed by atoms with E-state index in [1.54, 1.807) is 0 Å². The van der Waals surface area contributed by atoms with Crippen molar-refractivity contribution in [2.45, 2.75) is 97.5 Å². The summed E-state index contributed by atoms with van der Waals surface area (Å²) < 4.78 is 21.8. The van der Waals surface area contributed by atoms with Crippen molar-refractivity contribution in [3.05, 3.63) is 0 Å². The Kier molecular flexibility index (Phi) is 13.8. The van der Waals surface area contributed by atoms with Crippen LogP contribution in [0.15, 0.2) is 0 Å². The highest BCUT2D eigenvalue weighted by Crippen LogP contribution is 2.45. The van der Waals surface area contributed by atoms with Gasteiger partial charge in [0.25, 0.3) is 0 Å². The van der Waals surface area contributed by atoms with Crippen LogP contribution in [0.5, 0.6) is 0 Å². The third-order valence-electron chi connectivity index (χ3n) is 3.53. The van der Waals surface area contributed by atoms with Gasteiger partial charge >= 0.3 is 7.82 Å². The van der Waals surface area contributed by atoms with Gasteiger partial charge in [-0.1, -0.05) is 71.6 Å². The topological polar surface area (TPSA) is 55.8 Å². The molecule has 0 bridgehead atoms. The second-order valence-electron chi connectivity index (χ2n) is 5.83. The van der Waals surface area contributed by atoms with Gasteiger partial charge in [-0.25, -0.2) is 4.57 Å². The lowest BCUT2D eigenvalue weighted by atomic mass is 10.1. The molecule has 1 N–H and O–H groups in total. The Morgan fingerprint density at radius 1 is 0.905 bits per heavy atom. The fourth-order valence-corrected chi connectivity index (χ4v) is 3.20. The molecule has 0 heterocycles. The quantitative estimate of drug-likeness (QED) is 0.304. The molecule has 2 atom stereocenters. The van der Waals surface area contributed by atoms with Crippen LogP contribution >= 0.6 is 7.82 Å². The van der Waals surface area contributed by atoms with Crippen LogP contribution in [0.2, 0.25) is 0 Å². The summed E-state index contributed by atoms with van der Waals surface area (Å²) in [6, 6.07) is 0. The summed E-state index contributed by atoms with van der Waals surface area (Å²) in [5.74, 6) is 0. The van der Waals surface area contributed by atoms with Crippen LogP contribution in [0.3, 0.4) is 0 Å². The Morgan fingerprint density at radius 2 is 1.43 bits per heavy atom. The fourth-order valence-electron chi connectivity index (χ4n) is 2.22. The smallest absolute Gasteiger partial charge is 0.302 e. The molecule has 21 heavy (non-hydrogen) atoms. The molecular weight excluding hydrogens is 287 g/mol. The number of unbranched alkanes of at least 4 members (excludes halogenated alkanes) is 8. The number of phosphoric acid groups is 1. The van der Waals surface area contributed by atoms with E-state index in [4.69, 9.17) is 9.05 Å². The maximum absolute atomic E-state index is 11.7. The molecule has 0 aliphatic rings. The van der Waals surface area contributed by atoms with Crippen molar-refractivity contribution in [1.29, 1.82) is 0 Å². The fraction of sp³-hybridized carbons (Fsp3) is 1.00. The first-order valence-electron chi connectivity index (χ1n) is 8.67. The Hall–Kier alpha value is 0.110. The number of hydrogen-bond acceptors (Lipinski definition) is 3. The van der Waals surface area contributed by atoms with Gasteiger partial charge in [0, 0.05) is 0 Å². The molecule has 0 radical (unpaired) electrons. The Labute approximate surface area is 131 Å². The Morgan fingerprint density at radius 3 is 2.00 bits per heavy atom. The zero-order valence-electron chi connectivity index (χ0n) is 14.2. The third-order valence-corrected chi connectivity index (χ3v) is 4.66. The second kappa shape index (κ2) is 13.8. The first-order chi connectivity index (χ1) is 10.0. The average molecular weight is 322 g/mol. The van der Waals surface area contributed by atoms with Gasteiger partial charge in [-0.15, -0.1) is 0 Å². The maximum Gasteiger partial charge on any atom is 0.472 e. The highest BCUT2D eigenvalue weighted by molar-refractivity contribution is 7.47. The zero-order chi connectivity index (χ0) is 16.0. The standard InChI is InChI=1S/C16H35O4P/c1-4-6-8-9-10-11-12-13-15-19-21(17,18)20-16(3)14-7-5-2/h16H,4-15H2,1-3H3,(H,17,18). The summed E-state index contributed by atoms with van der Waals surface area (Å²) in [6.45, 7) is 6.43. The van der Waals surface area contributed by atoms with Gasteiger partial charge in [-0.2, -0.15) is 0 Å². The van der Waals surface area contributed by atoms with Crippen molar-refractivity contribution in [3.8, 4) is 0 Å².